The number of nitrogens with one attached hydrogen (secondary N) is 1. The summed E-state index contributed by atoms with van der Waals surface area (Å²) in [4.78, 5) is 14.6. The highest BCUT2D eigenvalue weighted by Gasteiger charge is 2.23. The molecule has 1 N–H and O–H groups in total. The summed E-state index contributed by atoms with van der Waals surface area (Å²) in [5, 5.41) is 3.39. The zero-order valence-corrected chi connectivity index (χ0v) is 17.2. The third-order valence-corrected chi connectivity index (χ3v) is 6.19. The monoisotopic (exact) mass is 401 g/mol. The first kappa shape index (κ1) is 21.0. The molecule has 1 heterocycles. The standard InChI is InChI=1S/C18H28ClN3O3S/c1-14-12-16(19)4-5-17(14)22(26(3,24)25)13-18(23)20-9-6-15-7-10-21(2)11-8-15/h4-5,12,15H,6-11,13H2,1-3H3,(H,20,23). The number of benzene rings is 1. The molecule has 1 aliphatic heterocycles. The van der Waals surface area contributed by atoms with Crippen LogP contribution in [0.15, 0.2) is 18.2 Å². The summed E-state index contributed by atoms with van der Waals surface area (Å²) in [7, 11) is -1.45. The number of aryl methyl sites for hydroxylation is 1. The fraction of sp³-hybridized carbons (Fsp3) is 0.611. The molecule has 1 fully saturated rings. The highest BCUT2D eigenvalue weighted by Crippen LogP contribution is 2.25. The largest absolute Gasteiger partial charge is 0.355 e. The molecule has 146 valence electrons. The molecule has 1 aromatic rings. The Kier molecular flexibility index (Phi) is 7.32. The predicted molar refractivity (Wildman–Crippen MR) is 106 cm³/mol. The van der Waals surface area contributed by atoms with Crippen LogP contribution in [0, 0.1) is 12.8 Å². The molecular formula is C18H28ClN3O3S. The zero-order chi connectivity index (χ0) is 19.3. The van der Waals surface area contributed by atoms with Crippen molar-refractivity contribution in [2.24, 2.45) is 5.92 Å². The van der Waals surface area contributed by atoms with Gasteiger partial charge in [0.25, 0.3) is 0 Å². The minimum absolute atomic E-state index is 0.227. The second kappa shape index (κ2) is 9.06. The molecule has 2 rings (SSSR count). The van der Waals surface area contributed by atoms with Crippen molar-refractivity contribution in [3.8, 4) is 0 Å². The van der Waals surface area contributed by atoms with E-state index in [9.17, 15) is 13.2 Å². The van der Waals surface area contributed by atoms with Crippen LogP contribution >= 0.6 is 11.6 Å². The fourth-order valence-corrected chi connectivity index (χ4v) is 4.37. The molecule has 0 aromatic heterocycles. The van der Waals surface area contributed by atoms with E-state index in [1.165, 1.54) is 0 Å². The molecule has 0 aliphatic carbocycles. The van der Waals surface area contributed by atoms with Crippen LogP contribution in [0.1, 0.15) is 24.8 Å². The van der Waals surface area contributed by atoms with E-state index < -0.39 is 10.0 Å². The number of piperidine rings is 1. The number of amides is 1. The average molecular weight is 402 g/mol. The summed E-state index contributed by atoms with van der Waals surface area (Å²) >= 11 is 5.94. The third kappa shape index (κ3) is 6.14. The number of anilines is 1. The Hall–Kier alpha value is -1.31. The number of nitrogens with zero attached hydrogens (tertiary/aromatic N) is 2. The highest BCUT2D eigenvalue weighted by molar-refractivity contribution is 7.92. The van der Waals surface area contributed by atoms with E-state index in [0.29, 0.717) is 28.7 Å². The number of halogens is 1. The van der Waals surface area contributed by atoms with Gasteiger partial charge in [0.05, 0.1) is 11.9 Å². The Morgan fingerprint density at radius 1 is 1.35 bits per heavy atom. The third-order valence-electron chi connectivity index (χ3n) is 4.83. The molecule has 1 saturated heterocycles. The molecule has 0 bridgehead atoms. The van der Waals surface area contributed by atoms with Crippen LogP contribution in [0.3, 0.4) is 0 Å². The van der Waals surface area contributed by atoms with Crippen LogP contribution < -0.4 is 9.62 Å². The van der Waals surface area contributed by atoms with Crippen molar-refractivity contribution < 1.29 is 13.2 Å². The van der Waals surface area contributed by atoms with Gasteiger partial charge >= 0.3 is 0 Å². The van der Waals surface area contributed by atoms with Crippen LogP contribution in [-0.2, 0) is 14.8 Å². The van der Waals surface area contributed by atoms with E-state index in [1.807, 2.05) is 0 Å². The molecule has 1 amide bonds. The van der Waals surface area contributed by atoms with Crippen LogP contribution in [0.5, 0.6) is 0 Å². The predicted octanol–water partition coefficient (Wildman–Crippen LogP) is 2.26. The molecule has 0 unspecified atom stereocenters. The van der Waals surface area contributed by atoms with E-state index in [1.54, 1.807) is 25.1 Å². The number of carbonyl (C=O) groups excluding carboxylic acids is 1. The quantitative estimate of drug-likeness (QED) is 0.760. The molecule has 0 spiro atoms. The molecule has 26 heavy (non-hydrogen) atoms. The van der Waals surface area contributed by atoms with Crippen molar-refractivity contribution in [1.29, 1.82) is 0 Å². The van der Waals surface area contributed by atoms with Crippen molar-refractivity contribution in [3.63, 3.8) is 0 Å². The van der Waals surface area contributed by atoms with Crippen molar-refractivity contribution >= 4 is 33.2 Å². The van der Waals surface area contributed by atoms with E-state index in [-0.39, 0.29) is 12.5 Å². The topological polar surface area (TPSA) is 69.7 Å². The van der Waals surface area contributed by atoms with E-state index >= 15 is 0 Å². The average Bonchev–Trinajstić information content (AvgIpc) is 2.54. The number of likely N-dealkylation sites (tertiary alicyclic amines) is 1. The lowest BCUT2D eigenvalue weighted by Crippen LogP contribution is -2.41. The smallest absolute Gasteiger partial charge is 0.240 e. The number of hydrogen-bond acceptors (Lipinski definition) is 4. The van der Waals surface area contributed by atoms with Gasteiger partial charge in [-0.25, -0.2) is 8.42 Å². The summed E-state index contributed by atoms with van der Waals surface area (Å²) < 4.78 is 25.5. The highest BCUT2D eigenvalue weighted by atomic mass is 35.5. The molecule has 0 radical (unpaired) electrons. The Labute approximate surface area is 161 Å². The first-order valence-electron chi connectivity index (χ1n) is 8.86. The van der Waals surface area contributed by atoms with E-state index in [0.717, 1.165) is 42.9 Å². The van der Waals surface area contributed by atoms with Gasteiger partial charge in [0, 0.05) is 11.6 Å². The van der Waals surface area contributed by atoms with E-state index in [4.69, 9.17) is 11.6 Å². The lowest BCUT2D eigenvalue weighted by Gasteiger charge is -2.29. The van der Waals surface area contributed by atoms with Gasteiger partial charge in [0.15, 0.2) is 0 Å². The molecule has 1 aromatic carbocycles. The molecular weight excluding hydrogens is 374 g/mol. The van der Waals surface area contributed by atoms with Crippen LogP contribution in [-0.4, -0.2) is 58.7 Å². The first-order chi connectivity index (χ1) is 12.2. The van der Waals surface area contributed by atoms with Crippen LogP contribution in [0.2, 0.25) is 5.02 Å². The van der Waals surface area contributed by atoms with Gasteiger partial charge in [-0.2, -0.15) is 0 Å². The van der Waals surface area contributed by atoms with Gasteiger partial charge in [0.2, 0.25) is 15.9 Å². The van der Waals surface area contributed by atoms with Crippen molar-refractivity contribution in [1.82, 2.24) is 10.2 Å². The Bertz CT molecular complexity index is 731. The van der Waals surface area contributed by atoms with Crippen LogP contribution in [0.4, 0.5) is 5.69 Å². The summed E-state index contributed by atoms with van der Waals surface area (Å²) in [6.45, 7) is 4.31. The van der Waals surface area contributed by atoms with Gasteiger partial charge < -0.3 is 10.2 Å². The minimum Gasteiger partial charge on any atom is -0.355 e. The van der Waals surface area contributed by atoms with Crippen LogP contribution in [0.25, 0.3) is 0 Å². The molecule has 8 heteroatoms. The van der Waals surface area contributed by atoms with Crippen molar-refractivity contribution in [2.45, 2.75) is 26.2 Å². The number of sulfonamides is 1. The molecule has 1 aliphatic rings. The van der Waals surface area contributed by atoms with Gasteiger partial charge in [0.1, 0.15) is 6.54 Å². The summed E-state index contributed by atoms with van der Waals surface area (Å²) in [6, 6.07) is 4.94. The first-order valence-corrected chi connectivity index (χ1v) is 11.1. The number of rotatable bonds is 7. The van der Waals surface area contributed by atoms with Gasteiger partial charge in [-0.15, -0.1) is 0 Å². The maximum Gasteiger partial charge on any atom is 0.240 e. The summed E-state index contributed by atoms with van der Waals surface area (Å²) in [6.07, 6.45) is 4.32. The number of hydrogen-bond donors (Lipinski definition) is 1. The second-order valence-corrected chi connectivity index (χ2v) is 9.43. The molecule has 6 nitrogen and oxygen atoms in total. The van der Waals surface area contributed by atoms with Crippen molar-refractivity contribution in [2.75, 3.05) is 43.8 Å². The SMILES string of the molecule is Cc1cc(Cl)ccc1N(CC(=O)NCCC1CCN(C)CC1)S(C)(=O)=O. The van der Waals surface area contributed by atoms with Crippen molar-refractivity contribution in [3.05, 3.63) is 28.8 Å². The lowest BCUT2D eigenvalue weighted by molar-refractivity contribution is -0.119. The minimum atomic E-state index is -3.58. The maximum atomic E-state index is 12.3. The summed E-state index contributed by atoms with van der Waals surface area (Å²) in [5.41, 5.74) is 1.18. The Balaban J connectivity index is 1.93. The normalized spacial score (nSPS) is 16.5. The zero-order valence-electron chi connectivity index (χ0n) is 15.7. The lowest BCUT2D eigenvalue weighted by atomic mass is 9.94. The molecule has 0 atom stereocenters. The van der Waals surface area contributed by atoms with Gasteiger partial charge in [-0.05, 0) is 76.0 Å². The Morgan fingerprint density at radius 2 is 2.00 bits per heavy atom. The molecule has 0 saturated carbocycles. The summed E-state index contributed by atoms with van der Waals surface area (Å²) in [5.74, 6) is 0.328. The Morgan fingerprint density at radius 3 is 2.58 bits per heavy atom. The number of carbonyl (C=O) groups is 1. The fourth-order valence-electron chi connectivity index (χ4n) is 3.23. The van der Waals surface area contributed by atoms with Gasteiger partial charge in [-0.3, -0.25) is 9.10 Å². The second-order valence-electron chi connectivity index (χ2n) is 7.09. The maximum absolute atomic E-state index is 12.3. The van der Waals surface area contributed by atoms with E-state index in [2.05, 4.69) is 17.3 Å². The van der Waals surface area contributed by atoms with Gasteiger partial charge in [-0.1, -0.05) is 11.6 Å².